The highest BCUT2D eigenvalue weighted by molar-refractivity contribution is 7.99. The number of para-hydroxylation sites is 1. The van der Waals surface area contributed by atoms with Crippen LogP contribution >= 0.6 is 11.8 Å². The van der Waals surface area contributed by atoms with E-state index in [0.717, 1.165) is 41.8 Å². The van der Waals surface area contributed by atoms with E-state index < -0.39 is 0 Å². The van der Waals surface area contributed by atoms with Crippen LogP contribution in [0.25, 0.3) is 16.6 Å². The molecule has 2 aromatic carbocycles. The van der Waals surface area contributed by atoms with Crippen molar-refractivity contribution in [2.45, 2.75) is 32.0 Å². The summed E-state index contributed by atoms with van der Waals surface area (Å²) in [6.07, 6.45) is 0.173. The molecule has 6 heteroatoms. The van der Waals surface area contributed by atoms with Gasteiger partial charge in [0.05, 0.1) is 29.7 Å². The molecule has 1 unspecified atom stereocenters. The van der Waals surface area contributed by atoms with E-state index in [1.807, 2.05) is 55.5 Å². The molecule has 0 saturated carbocycles. The second-order valence-electron chi connectivity index (χ2n) is 8.49. The van der Waals surface area contributed by atoms with Crippen LogP contribution in [-0.4, -0.2) is 47.6 Å². The first kappa shape index (κ1) is 21.1. The minimum Gasteiger partial charge on any atom is -0.366 e. The van der Waals surface area contributed by atoms with E-state index in [1.54, 1.807) is 21.2 Å². The Morgan fingerprint density at radius 1 is 1.20 bits per heavy atom. The van der Waals surface area contributed by atoms with Gasteiger partial charge in [0.1, 0.15) is 19.2 Å². The molecule has 1 aliphatic heterocycles. The van der Waals surface area contributed by atoms with Gasteiger partial charge in [-0.25, -0.2) is 4.98 Å². The van der Waals surface area contributed by atoms with Crippen molar-refractivity contribution < 1.29 is 9.64 Å². The molecular formula is C24H30N3O2S+. The SMILES string of the molecule is Cc1ccc(-n2c(SC[C@@H]3C[NH+](CC(C)C)CCO3)nc3ccccc3c2=O)cc1. The molecule has 0 bridgehead atoms. The molecule has 3 aromatic rings. The Kier molecular flexibility index (Phi) is 6.56. The van der Waals surface area contributed by atoms with Gasteiger partial charge in [0.2, 0.25) is 0 Å². The van der Waals surface area contributed by atoms with Crippen molar-refractivity contribution in [3.8, 4) is 5.69 Å². The minimum atomic E-state index is -0.0245. The van der Waals surface area contributed by atoms with Gasteiger partial charge >= 0.3 is 0 Å². The van der Waals surface area contributed by atoms with Crippen molar-refractivity contribution in [2.75, 3.05) is 32.0 Å². The van der Waals surface area contributed by atoms with Crippen molar-refractivity contribution in [2.24, 2.45) is 5.92 Å². The third-order valence-corrected chi connectivity index (χ3v) is 6.53. The maximum Gasteiger partial charge on any atom is 0.266 e. The molecule has 0 spiro atoms. The predicted octanol–water partition coefficient (Wildman–Crippen LogP) is 2.73. The number of rotatable bonds is 6. The third kappa shape index (κ3) is 4.77. The molecule has 4 rings (SSSR count). The molecule has 0 aliphatic carbocycles. The van der Waals surface area contributed by atoms with Crippen molar-refractivity contribution in [1.29, 1.82) is 0 Å². The molecule has 1 aliphatic rings. The number of hydrogen-bond acceptors (Lipinski definition) is 4. The van der Waals surface area contributed by atoms with E-state index >= 15 is 0 Å². The predicted molar refractivity (Wildman–Crippen MR) is 123 cm³/mol. The number of morpholine rings is 1. The molecule has 1 aromatic heterocycles. The molecule has 2 heterocycles. The zero-order valence-corrected chi connectivity index (χ0v) is 18.7. The Morgan fingerprint density at radius 3 is 2.73 bits per heavy atom. The molecule has 0 radical (unpaired) electrons. The summed E-state index contributed by atoms with van der Waals surface area (Å²) in [5.74, 6) is 1.47. The van der Waals surface area contributed by atoms with E-state index in [2.05, 4.69) is 13.8 Å². The van der Waals surface area contributed by atoms with Crippen LogP contribution in [-0.2, 0) is 4.74 Å². The van der Waals surface area contributed by atoms with E-state index in [9.17, 15) is 4.79 Å². The summed E-state index contributed by atoms with van der Waals surface area (Å²) in [6, 6.07) is 15.6. The Morgan fingerprint density at radius 2 is 1.97 bits per heavy atom. The van der Waals surface area contributed by atoms with Crippen LogP contribution in [0, 0.1) is 12.8 Å². The Balaban J connectivity index is 1.63. The summed E-state index contributed by atoms with van der Waals surface area (Å²) in [4.78, 5) is 19.8. The Labute approximate surface area is 182 Å². The van der Waals surface area contributed by atoms with Crippen molar-refractivity contribution in [3.05, 3.63) is 64.4 Å². The molecule has 30 heavy (non-hydrogen) atoms. The number of aryl methyl sites for hydroxylation is 1. The summed E-state index contributed by atoms with van der Waals surface area (Å²) < 4.78 is 7.78. The van der Waals surface area contributed by atoms with Crippen LogP contribution in [0.3, 0.4) is 0 Å². The number of aromatic nitrogens is 2. The molecular weight excluding hydrogens is 394 g/mol. The second kappa shape index (κ2) is 9.33. The van der Waals surface area contributed by atoms with Crippen molar-refractivity contribution in [3.63, 3.8) is 0 Å². The monoisotopic (exact) mass is 424 g/mol. The third-order valence-electron chi connectivity index (χ3n) is 5.46. The first-order valence-corrected chi connectivity index (χ1v) is 11.7. The van der Waals surface area contributed by atoms with Crippen LogP contribution in [0.1, 0.15) is 19.4 Å². The number of nitrogens with zero attached hydrogens (tertiary/aromatic N) is 2. The molecule has 158 valence electrons. The van der Waals surface area contributed by atoms with Crippen molar-refractivity contribution >= 4 is 22.7 Å². The highest BCUT2D eigenvalue weighted by Crippen LogP contribution is 2.23. The van der Waals surface area contributed by atoms with Crippen molar-refractivity contribution in [1.82, 2.24) is 9.55 Å². The fraction of sp³-hybridized carbons (Fsp3) is 0.417. The highest BCUT2D eigenvalue weighted by Gasteiger charge is 2.25. The quantitative estimate of drug-likeness (QED) is 0.488. The van der Waals surface area contributed by atoms with Crippen LogP contribution < -0.4 is 10.5 Å². The molecule has 2 atom stereocenters. The standard InChI is InChI=1S/C24H29N3O2S/c1-17(2)14-26-12-13-29-20(15-26)16-30-24-25-22-7-5-4-6-21(22)23(28)27(24)19-10-8-18(3)9-11-19/h4-11,17,20H,12-16H2,1-3H3/p+1/t20-/m0/s1. The largest absolute Gasteiger partial charge is 0.366 e. The zero-order chi connectivity index (χ0) is 21.1. The van der Waals surface area contributed by atoms with Gasteiger partial charge in [-0.1, -0.05) is 55.4 Å². The second-order valence-corrected chi connectivity index (χ2v) is 9.48. The smallest absolute Gasteiger partial charge is 0.266 e. The van der Waals surface area contributed by atoms with Crippen LogP contribution in [0.15, 0.2) is 58.5 Å². The van der Waals surface area contributed by atoms with Crippen LogP contribution in [0.2, 0.25) is 0 Å². The zero-order valence-electron chi connectivity index (χ0n) is 17.9. The topological polar surface area (TPSA) is 48.6 Å². The van der Waals surface area contributed by atoms with Gasteiger partial charge in [0, 0.05) is 11.7 Å². The number of ether oxygens (including phenoxy) is 1. The van der Waals surface area contributed by atoms with Crippen LogP contribution in [0.4, 0.5) is 0 Å². The van der Waals surface area contributed by atoms with Gasteiger partial charge in [-0.15, -0.1) is 0 Å². The normalized spacial score (nSPS) is 19.5. The summed E-state index contributed by atoms with van der Waals surface area (Å²) in [5, 5.41) is 1.37. The summed E-state index contributed by atoms with van der Waals surface area (Å²) in [6.45, 7) is 10.6. The van der Waals surface area contributed by atoms with Gasteiger partial charge in [0.25, 0.3) is 5.56 Å². The fourth-order valence-electron chi connectivity index (χ4n) is 4.02. The first-order valence-electron chi connectivity index (χ1n) is 10.7. The summed E-state index contributed by atoms with van der Waals surface area (Å²) in [5.41, 5.74) is 2.73. The highest BCUT2D eigenvalue weighted by atomic mass is 32.2. The molecule has 1 N–H and O–H groups in total. The van der Waals surface area contributed by atoms with Gasteiger partial charge in [-0.2, -0.15) is 0 Å². The Bertz CT molecular complexity index is 1060. The van der Waals surface area contributed by atoms with E-state index in [-0.39, 0.29) is 11.7 Å². The fourth-order valence-corrected chi connectivity index (χ4v) is 5.05. The number of hydrogen-bond donors (Lipinski definition) is 1. The molecule has 1 fully saturated rings. The molecule has 0 amide bonds. The van der Waals surface area contributed by atoms with Gasteiger partial charge in [0.15, 0.2) is 5.16 Å². The average Bonchev–Trinajstić information content (AvgIpc) is 2.73. The maximum atomic E-state index is 13.3. The lowest BCUT2D eigenvalue weighted by Crippen LogP contribution is -3.15. The van der Waals surface area contributed by atoms with E-state index in [1.165, 1.54) is 12.1 Å². The number of nitrogens with one attached hydrogen (secondary N) is 1. The number of thioether (sulfide) groups is 1. The number of benzene rings is 2. The van der Waals surface area contributed by atoms with E-state index in [0.29, 0.717) is 11.3 Å². The van der Waals surface area contributed by atoms with Crippen LogP contribution in [0.5, 0.6) is 0 Å². The first-order chi connectivity index (χ1) is 14.5. The minimum absolute atomic E-state index is 0.0245. The Hall–Kier alpha value is -2.15. The molecule has 5 nitrogen and oxygen atoms in total. The lowest BCUT2D eigenvalue weighted by atomic mass is 10.2. The lowest BCUT2D eigenvalue weighted by Gasteiger charge is -2.31. The van der Waals surface area contributed by atoms with E-state index in [4.69, 9.17) is 9.72 Å². The van der Waals surface area contributed by atoms with Gasteiger partial charge in [-0.3, -0.25) is 9.36 Å². The lowest BCUT2D eigenvalue weighted by molar-refractivity contribution is -0.914. The van der Waals surface area contributed by atoms with Gasteiger partial charge in [-0.05, 0) is 31.2 Å². The number of fused-ring (bicyclic) bond motifs is 1. The van der Waals surface area contributed by atoms with Gasteiger partial charge < -0.3 is 9.64 Å². The number of quaternary nitrogens is 1. The average molecular weight is 425 g/mol. The molecule has 1 saturated heterocycles. The summed E-state index contributed by atoms with van der Waals surface area (Å²) >= 11 is 1.62. The summed E-state index contributed by atoms with van der Waals surface area (Å²) in [7, 11) is 0. The maximum absolute atomic E-state index is 13.3.